The summed E-state index contributed by atoms with van der Waals surface area (Å²) in [6.45, 7) is 3.62. The van der Waals surface area contributed by atoms with E-state index in [9.17, 15) is 22.8 Å². The molecule has 0 bridgehead atoms. The molecule has 2 aromatic rings. The molecule has 31 heavy (non-hydrogen) atoms. The Morgan fingerprint density at radius 3 is 2.65 bits per heavy atom. The van der Waals surface area contributed by atoms with Crippen LogP contribution in [0.4, 0.5) is 18.0 Å². The molecule has 2 amide bonds. The van der Waals surface area contributed by atoms with E-state index in [1.54, 1.807) is 6.07 Å². The number of carbonyl (C=O) groups excluding carboxylic acids is 2. The van der Waals surface area contributed by atoms with Crippen molar-refractivity contribution in [3.63, 3.8) is 0 Å². The van der Waals surface area contributed by atoms with Crippen LogP contribution in [0.3, 0.4) is 0 Å². The normalized spacial score (nSPS) is 17.3. The third kappa shape index (κ3) is 6.32. The minimum absolute atomic E-state index is 0.109. The van der Waals surface area contributed by atoms with Crippen molar-refractivity contribution in [2.45, 2.75) is 25.9 Å². The molecule has 166 valence electrons. The number of aromatic nitrogens is 1. The minimum atomic E-state index is -4.74. The summed E-state index contributed by atoms with van der Waals surface area (Å²) in [6.07, 6.45) is -2.75. The summed E-state index contributed by atoms with van der Waals surface area (Å²) >= 11 is 0. The first-order valence-electron chi connectivity index (χ1n) is 9.41. The number of hydrogen-bond donors (Lipinski definition) is 1. The molecular weight excluding hydrogens is 417 g/mol. The maximum absolute atomic E-state index is 12.5. The fraction of sp³-hybridized carbons (Fsp3) is 0.350. The quantitative estimate of drug-likeness (QED) is 0.771. The van der Waals surface area contributed by atoms with E-state index in [0.29, 0.717) is 31.7 Å². The molecule has 2 heterocycles. The lowest BCUT2D eigenvalue weighted by Crippen LogP contribution is -2.54. The first-order chi connectivity index (χ1) is 14.6. The summed E-state index contributed by atoms with van der Waals surface area (Å²) in [5.41, 5.74) is 5.99. The molecule has 0 aliphatic carbocycles. The van der Waals surface area contributed by atoms with Gasteiger partial charge in [0.15, 0.2) is 5.75 Å². The summed E-state index contributed by atoms with van der Waals surface area (Å²) in [6, 6.07) is 6.94. The second-order valence-electron chi connectivity index (χ2n) is 7.11. The van der Waals surface area contributed by atoms with Crippen LogP contribution in [-0.4, -0.2) is 58.8 Å². The highest BCUT2D eigenvalue weighted by atomic mass is 19.4. The van der Waals surface area contributed by atoms with E-state index < -0.39 is 18.4 Å². The van der Waals surface area contributed by atoms with Crippen LogP contribution in [0.1, 0.15) is 22.8 Å². The maximum Gasteiger partial charge on any atom is 0.573 e. The van der Waals surface area contributed by atoms with Crippen molar-refractivity contribution in [1.29, 1.82) is 0 Å². The van der Waals surface area contributed by atoms with E-state index in [1.807, 2.05) is 11.8 Å². The van der Waals surface area contributed by atoms with E-state index >= 15 is 0 Å². The number of alkyl halides is 3. The highest BCUT2D eigenvalue weighted by Gasteiger charge is 2.32. The lowest BCUT2D eigenvalue weighted by Gasteiger charge is -2.39. The van der Waals surface area contributed by atoms with Gasteiger partial charge in [-0.25, -0.2) is 4.79 Å². The number of benzene rings is 1. The lowest BCUT2D eigenvalue weighted by molar-refractivity contribution is -0.274. The van der Waals surface area contributed by atoms with E-state index in [1.165, 1.54) is 41.6 Å². The summed E-state index contributed by atoms with van der Waals surface area (Å²) in [5, 5.41) is 0. The second kappa shape index (κ2) is 9.21. The van der Waals surface area contributed by atoms with Crippen LogP contribution in [0.25, 0.3) is 0 Å². The van der Waals surface area contributed by atoms with E-state index in [2.05, 4.69) is 9.72 Å². The van der Waals surface area contributed by atoms with E-state index in [-0.39, 0.29) is 23.1 Å². The molecule has 1 atom stereocenters. The Kier molecular flexibility index (Phi) is 6.64. The number of halogens is 3. The van der Waals surface area contributed by atoms with Gasteiger partial charge in [-0.15, -0.1) is 13.2 Å². The molecule has 1 aliphatic rings. The fourth-order valence-electron chi connectivity index (χ4n) is 3.32. The highest BCUT2D eigenvalue weighted by Crippen LogP contribution is 2.24. The van der Waals surface area contributed by atoms with E-state index in [4.69, 9.17) is 10.5 Å². The third-order valence-corrected chi connectivity index (χ3v) is 4.69. The van der Waals surface area contributed by atoms with Gasteiger partial charge in [0.1, 0.15) is 5.75 Å². The number of hydrogen-bond acceptors (Lipinski definition) is 6. The topological polar surface area (TPSA) is 98.0 Å². The number of nitrogens with zero attached hydrogens (tertiary/aromatic N) is 3. The predicted molar refractivity (Wildman–Crippen MR) is 103 cm³/mol. The van der Waals surface area contributed by atoms with Gasteiger partial charge in [-0.2, -0.15) is 0 Å². The largest absolute Gasteiger partial charge is 0.573 e. The van der Waals surface area contributed by atoms with Gasteiger partial charge in [0.2, 0.25) is 5.91 Å². The number of rotatable bonds is 5. The van der Waals surface area contributed by atoms with Crippen LogP contribution >= 0.6 is 0 Å². The van der Waals surface area contributed by atoms with Crippen LogP contribution in [-0.2, 0) is 6.54 Å². The summed E-state index contributed by atoms with van der Waals surface area (Å²) in [7, 11) is 0. The van der Waals surface area contributed by atoms with Crippen molar-refractivity contribution in [3.05, 3.63) is 53.9 Å². The van der Waals surface area contributed by atoms with Gasteiger partial charge in [0, 0.05) is 38.4 Å². The van der Waals surface area contributed by atoms with E-state index in [0.717, 1.165) is 0 Å². The number of primary amides is 1. The van der Waals surface area contributed by atoms with Crippen LogP contribution < -0.4 is 15.2 Å². The van der Waals surface area contributed by atoms with Crippen LogP contribution in [0, 0.1) is 0 Å². The van der Waals surface area contributed by atoms with Gasteiger partial charge in [-0.1, -0.05) is 12.1 Å². The Morgan fingerprint density at radius 1 is 1.19 bits per heavy atom. The molecule has 1 aromatic heterocycles. The van der Waals surface area contributed by atoms with Gasteiger partial charge in [-0.3, -0.25) is 14.7 Å². The van der Waals surface area contributed by atoms with Gasteiger partial charge in [-0.05, 0) is 30.7 Å². The van der Waals surface area contributed by atoms with Gasteiger partial charge < -0.3 is 20.1 Å². The number of ether oxygens (including phenoxy) is 2. The molecule has 0 saturated carbocycles. The monoisotopic (exact) mass is 438 g/mol. The standard InChI is InChI=1S/C20H21F3N4O4/c1-13-11-26(12-14-3-2-4-16(7-14)31-20(21,22)23)5-6-27(13)19(29)30-17-8-15(18(24)28)9-25-10-17/h2-4,7-10,13H,5-6,11-12H2,1H3,(H2,24,28)/t13-/m1/s1. The highest BCUT2D eigenvalue weighted by molar-refractivity contribution is 5.92. The SMILES string of the molecule is C[C@@H]1CN(Cc2cccc(OC(F)(F)F)c2)CCN1C(=O)Oc1cncc(C(N)=O)c1. The third-order valence-electron chi connectivity index (χ3n) is 4.69. The van der Waals surface area contributed by atoms with Gasteiger partial charge >= 0.3 is 12.5 Å². The van der Waals surface area contributed by atoms with Crippen LogP contribution in [0.2, 0.25) is 0 Å². The molecule has 0 radical (unpaired) electrons. The summed E-state index contributed by atoms with van der Waals surface area (Å²) < 4.78 is 46.5. The molecule has 1 aliphatic heterocycles. The molecule has 1 fully saturated rings. The molecule has 1 aromatic carbocycles. The van der Waals surface area contributed by atoms with Crippen molar-refractivity contribution in [2.75, 3.05) is 19.6 Å². The summed E-state index contributed by atoms with van der Waals surface area (Å²) in [5.74, 6) is -0.846. The number of pyridine rings is 1. The zero-order chi connectivity index (χ0) is 22.6. The molecule has 2 N–H and O–H groups in total. The first-order valence-corrected chi connectivity index (χ1v) is 9.41. The average Bonchev–Trinajstić information content (AvgIpc) is 2.67. The number of carbonyl (C=O) groups is 2. The molecule has 0 spiro atoms. The first kappa shape index (κ1) is 22.3. The van der Waals surface area contributed by atoms with Crippen molar-refractivity contribution in [1.82, 2.24) is 14.8 Å². The second-order valence-corrected chi connectivity index (χ2v) is 7.11. The molecular formula is C20H21F3N4O4. The molecule has 3 rings (SSSR count). The van der Waals surface area contributed by atoms with Crippen molar-refractivity contribution >= 4 is 12.0 Å². The zero-order valence-corrected chi connectivity index (χ0v) is 16.6. The van der Waals surface area contributed by atoms with Crippen molar-refractivity contribution in [3.8, 4) is 11.5 Å². The number of piperazine rings is 1. The van der Waals surface area contributed by atoms with Crippen LogP contribution in [0.15, 0.2) is 42.7 Å². The average molecular weight is 438 g/mol. The van der Waals surface area contributed by atoms with Crippen molar-refractivity contribution < 1.29 is 32.2 Å². The Hall–Kier alpha value is -3.34. The van der Waals surface area contributed by atoms with Crippen molar-refractivity contribution in [2.24, 2.45) is 5.73 Å². The summed E-state index contributed by atoms with van der Waals surface area (Å²) in [4.78, 5) is 31.1. The molecule has 0 unspecified atom stereocenters. The van der Waals surface area contributed by atoms with Gasteiger partial charge in [0.05, 0.1) is 11.8 Å². The lowest BCUT2D eigenvalue weighted by atomic mass is 10.1. The molecule has 11 heteroatoms. The molecule has 8 nitrogen and oxygen atoms in total. The maximum atomic E-state index is 12.5. The Balaban J connectivity index is 1.57. The smallest absolute Gasteiger partial charge is 0.409 e. The van der Waals surface area contributed by atoms with Crippen LogP contribution in [0.5, 0.6) is 11.5 Å². The number of amides is 2. The minimum Gasteiger partial charge on any atom is -0.409 e. The Labute approximate surface area is 176 Å². The predicted octanol–water partition coefficient (Wildman–Crippen LogP) is 2.78. The zero-order valence-electron chi connectivity index (χ0n) is 16.6. The van der Waals surface area contributed by atoms with Gasteiger partial charge in [0.25, 0.3) is 0 Å². The fourth-order valence-corrected chi connectivity index (χ4v) is 3.32. The number of nitrogens with two attached hydrogens (primary N) is 1. The molecule has 1 saturated heterocycles. The Bertz CT molecular complexity index is 954. The Morgan fingerprint density at radius 2 is 1.97 bits per heavy atom.